The lowest BCUT2D eigenvalue weighted by atomic mass is 10.1. The molecule has 0 radical (unpaired) electrons. The monoisotopic (exact) mass is 283 g/mol. The molecule has 1 N–H and O–H groups in total. The number of hydrogen-bond donors (Lipinski definition) is 1. The van der Waals surface area contributed by atoms with Crippen LogP contribution in [-0.2, 0) is 13.0 Å². The number of benzene rings is 2. The van der Waals surface area contributed by atoms with Crippen LogP contribution < -0.4 is 10.1 Å². The van der Waals surface area contributed by atoms with Crippen LogP contribution in [0.3, 0.4) is 0 Å². The van der Waals surface area contributed by atoms with Crippen molar-refractivity contribution in [2.24, 2.45) is 0 Å². The van der Waals surface area contributed by atoms with Crippen LogP contribution in [0.25, 0.3) is 0 Å². The Kier molecular flexibility index (Phi) is 5.40. The van der Waals surface area contributed by atoms with Crippen molar-refractivity contribution in [1.82, 2.24) is 5.32 Å². The third-order valence-corrected chi connectivity index (χ3v) is 3.48. The van der Waals surface area contributed by atoms with Gasteiger partial charge in [-0.3, -0.25) is 0 Å². The molecule has 112 valence electrons. The lowest BCUT2D eigenvalue weighted by molar-refractivity contribution is 0.469. The third-order valence-electron chi connectivity index (χ3n) is 3.48. The summed E-state index contributed by atoms with van der Waals surface area (Å²) in [5.41, 5.74) is 3.78. The first-order valence-electron chi connectivity index (χ1n) is 7.68. The highest BCUT2D eigenvalue weighted by atomic mass is 16.5. The van der Waals surface area contributed by atoms with E-state index in [-0.39, 0.29) is 0 Å². The highest BCUT2D eigenvalue weighted by molar-refractivity contribution is 5.40. The molecule has 2 nitrogen and oxygen atoms in total. The lowest BCUT2D eigenvalue weighted by Crippen LogP contribution is -2.22. The van der Waals surface area contributed by atoms with E-state index in [1.165, 1.54) is 16.7 Å². The molecule has 0 bridgehead atoms. The number of rotatable bonds is 6. The van der Waals surface area contributed by atoms with Crippen LogP contribution in [-0.4, -0.2) is 6.04 Å². The molecule has 0 aliphatic rings. The molecule has 0 spiro atoms. The third kappa shape index (κ3) is 4.61. The minimum absolute atomic E-state index is 0.460. The van der Waals surface area contributed by atoms with Gasteiger partial charge in [0.2, 0.25) is 0 Å². The van der Waals surface area contributed by atoms with Crippen molar-refractivity contribution in [1.29, 1.82) is 0 Å². The van der Waals surface area contributed by atoms with Crippen LogP contribution in [0.2, 0.25) is 0 Å². The lowest BCUT2D eigenvalue weighted by Gasteiger charge is -2.14. The van der Waals surface area contributed by atoms with E-state index in [2.05, 4.69) is 63.3 Å². The SMILES string of the molecule is CCc1ccc(Oc2ccc(C)cc2CNC(C)C)cc1. The van der Waals surface area contributed by atoms with E-state index in [0.717, 1.165) is 24.5 Å². The van der Waals surface area contributed by atoms with Gasteiger partial charge in [-0.2, -0.15) is 0 Å². The second-order valence-corrected chi connectivity index (χ2v) is 5.75. The van der Waals surface area contributed by atoms with Crippen molar-refractivity contribution in [3.8, 4) is 11.5 Å². The van der Waals surface area contributed by atoms with E-state index in [0.29, 0.717) is 6.04 Å². The molecule has 0 aliphatic carbocycles. The number of nitrogens with one attached hydrogen (secondary N) is 1. The van der Waals surface area contributed by atoms with Gasteiger partial charge in [-0.15, -0.1) is 0 Å². The molecule has 0 heterocycles. The number of hydrogen-bond acceptors (Lipinski definition) is 2. The van der Waals surface area contributed by atoms with Crippen molar-refractivity contribution >= 4 is 0 Å². The van der Waals surface area contributed by atoms with Crippen molar-refractivity contribution in [3.05, 3.63) is 59.2 Å². The first kappa shape index (κ1) is 15.6. The first-order valence-corrected chi connectivity index (χ1v) is 7.68. The molecule has 0 saturated heterocycles. The van der Waals surface area contributed by atoms with Gasteiger partial charge in [-0.1, -0.05) is 50.6 Å². The van der Waals surface area contributed by atoms with E-state index in [4.69, 9.17) is 4.74 Å². The topological polar surface area (TPSA) is 21.3 Å². The fraction of sp³-hybridized carbons (Fsp3) is 0.368. The molecule has 2 aromatic carbocycles. The number of ether oxygens (including phenoxy) is 1. The Labute approximate surface area is 128 Å². The first-order chi connectivity index (χ1) is 10.1. The summed E-state index contributed by atoms with van der Waals surface area (Å²) in [6, 6.07) is 15.1. The standard InChI is InChI=1S/C19H25NO/c1-5-16-7-9-18(10-8-16)21-19-11-6-15(4)12-17(19)13-20-14(2)3/h6-12,14,20H,5,13H2,1-4H3. The summed E-state index contributed by atoms with van der Waals surface area (Å²) in [6.07, 6.45) is 1.05. The Bertz CT molecular complexity index is 573. The van der Waals surface area contributed by atoms with Crippen LogP contribution in [0.4, 0.5) is 0 Å². The molecule has 2 aromatic rings. The zero-order valence-corrected chi connectivity index (χ0v) is 13.4. The zero-order valence-electron chi connectivity index (χ0n) is 13.4. The van der Waals surface area contributed by atoms with Gasteiger partial charge in [0.1, 0.15) is 11.5 Å². The normalized spacial score (nSPS) is 10.9. The molecule has 0 saturated carbocycles. The highest BCUT2D eigenvalue weighted by Gasteiger charge is 2.06. The fourth-order valence-corrected chi connectivity index (χ4v) is 2.18. The highest BCUT2D eigenvalue weighted by Crippen LogP contribution is 2.26. The van der Waals surface area contributed by atoms with Crippen LogP contribution in [0.1, 0.15) is 37.5 Å². The summed E-state index contributed by atoms with van der Waals surface area (Å²) >= 11 is 0. The van der Waals surface area contributed by atoms with Gasteiger partial charge in [-0.05, 0) is 37.1 Å². The molecule has 0 fully saturated rings. The molecular formula is C19H25NO. The predicted octanol–water partition coefficient (Wildman–Crippen LogP) is 4.85. The van der Waals surface area contributed by atoms with Crippen LogP contribution >= 0.6 is 0 Å². The Morgan fingerprint density at radius 3 is 2.38 bits per heavy atom. The smallest absolute Gasteiger partial charge is 0.131 e. The largest absolute Gasteiger partial charge is 0.457 e. The zero-order chi connectivity index (χ0) is 15.2. The van der Waals surface area contributed by atoms with Gasteiger partial charge < -0.3 is 10.1 Å². The van der Waals surface area contributed by atoms with E-state index in [1.807, 2.05) is 12.1 Å². The molecule has 21 heavy (non-hydrogen) atoms. The minimum Gasteiger partial charge on any atom is -0.457 e. The van der Waals surface area contributed by atoms with Gasteiger partial charge in [0.15, 0.2) is 0 Å². The number of aryl methyl sites for hydroxylation is 2. The van der Waals surface area contributed by atoms with E-state index >= 15 is 0 Å². The molecule has 2 heteroatoms. The van der Waals surface area contributed by atoms with Gasteiger partial charge in [0.25, 0.3) is 0 Å². The van der Waals surface area contributed by atoms with Gasteiger partial charge in [0, 0.05) is 18.2 Å². The van der Waals surface area contributed by atoms with Crippen molar-refractivity contribution in [3.63, 3.8) is 0 Å². The average molecular weight is 283 g/mol. The summed E-state index contributed by atoms with van der Waals surface area (Å²) in [5, 5.41) is 3.45. The molecule has 0 unspecified atom stereocenters. The summed E-state index contributed by atoms with van der Waals surface area (Å²) in [6.45, 7) is 9.39. The molecule has 2 rings (SSSR count). The summed E-state index contributed by atoms with van der Waals surface area (Å²) < 4.78 is 6.06. The molecule has 0 atom stereocenters. The van der Waals surface area contributed by atoms with E-state index in [1.54, 1.807) is 0 Å². The second-order valence-electron chi connectivity index (χ2n) is 5.75. The van der Waals surface area contributed by atoms with Crippen LogP contribution in [0, 0.1) is 6.92 Å². The Balaban J connectivity index is 2.17. The maximum atomic E-state index is 6.06. The second kappa shape index (κ2) is 7.28. The fourth-order valence-electron chi connectivity index (χ4n) is 2.18. The predicted molar refractivity (Wildman–Crippen MR) is 89.0 cm³/mol. The molecular weight excluding hydrogens is 258 g/mol. The molecule has 0 amide bonds. The quantitative estimate of drug-likeness (QED) is 0.818. The van der Waals surface area contributed by atoms with Crippen LogP contribution in [0.15, 0.2) is 42.5 Å². The Hall–Kier alpha value is -1.80. The molecule has 0 aromatic heterocycles. The summed E-state index contributed by atoms with van der Waals surface area (Å²) in [7, 11) is 0. The maximum Gasteiger partial charge on any atom is 0.131 e. The van der Waals surface area contributed by atoms with Crippen molar-refractivity contribution in [2.45, 2.75) is 46.7 Å². The van der Waals surface area contributed by atoms with Crippen molar-refractivity contribution < 1.29 is 4.74 Å². The average Bonchev–Trinajstić information content (AvgIpc) is 2.48. The van der Waals surface area contributed by atoms with Gasteiger partial charge >= 0.3 is 0 Å². The summed E-state index contributed by atoms with van der Waals surface area (Å²) in [5.74, 6) is 1.82. The van der Waals surface area contributed by atoms with Gasteiger partial charge in [-0.25, -0.2) is 0 Å². The molecule has 0 aliphatic heterocycles. The maximum absolute atomic E-state index is 6.06. The van der Waals surface area contributed by atoms with Crippen LogP contribution in [0.5, 0.6) is 11.5 Å². The van der Waals surface area contributed by atoms with Gasteiger partial charge in [0.05, 0.1) is 0 Å². The minimum atomic E-state index is 0.460. The Morgan fingerprint density at radius 1 is 1.05 bits per heavy atom. The Morgan fingerprint density at radius 2 is 1.76 bits per heavy atom. The van der Waals surface area contributed by atoms with E-state index in [9.17, 15) is 0 Å². The van der Waals surface area contributed by atoms with E-state index < -0.39 is 0 Å². The summed E-state index contributed by atoms with van der Waals surface area (Å²) in [4.78, 5) is 0. The van der Waals surface area contributed by atoms with Crippen molar-refractivity contribution in [2.75, 3.05) is 0 Å².